The summed E-state index contributed by atoms with van der Waals surface area (Å²) in [4.78, 5) is 21.3. The first-order valence-electron chi connectivity index (χ1n) is 9.69. The Hall–Kier alpha value is -2.51. The number of nitrogens with zero attached hydrogens (tertiary/aromatic N) is 3. The molecule has 6 nitrogen and oxygen atoms in total. The quantitative estimate of drug-likeness (QED) is 0.652. The average Bonchev–Trinajstić information content (AvgIpc) is 3.37. The second kappa shape index (κ2) is 9.12. The third-order valence-electron chi connectivity index (χ3n) is 4.93. The summed E-state index contributed by atoms with van der Waals surface area (Å²) in [6.07, 6.45) is 11.2. The van der Waals surface area contributed by atoms with Gasteiger partial charge in [0.05, 0.1) is 11.8 Å². The molecule has 0 bridgehead atoms. The summed E-state index contributed by atoms with van der Waals surface area (Å²) in [7, 11) is 0. The highest BCUT2D eigenvalue weighted by Gasteiger charge is 2.16. The number of nitrogens with one attached hydrogen (secondary N) is 1. The summed E-state index contributed by atoms with van der Waals surface area (Å²) in [5.41, 5.74) is 2.73. The minimum absolute atomic E-state index is 0.143. The standard InChI is InChI=1S/C21H24N4O2S/c26-20(19-5-3-12-25(19)14-16-8-10-22-11-9-16)24-21-23-17(15-28-21)6-7-18-4-1-2-13-27-18/h3,5,8-12,15,18H,1-2,4,6-7,13-14H2,(H,23,24,26). The molecule has 0 saturated carbocycles. The van der Waals surface area contributed by atoms with Crippen LogP contribution in [0.2, 0.25) is 0 Å². The largest absolute Gasteiger partial charge is 0.378 e. The van der Waals surface area contributed by atoms with E-state index in [1.165, 1.54) is 24.2 Å². The molecule has 1 saturated heterocycles. The number of hydrogen-bond acceptors (Lipinski definition) is 5. The lowest BCUT2D eigenvalue weighted by molar-refractivity contribution is 0.0114. The highest BCUT2D eigenvalue weighted by molar-refractivity contribution is 7.13. The number of ether oxygens (including phenoxy) is 1. The molecule has 3 aromatic heterocycles. The number of rotatable bonds is 7. The predicted octanol–water partition coefficient (Wildman–Crippen LogP) is 4.14. The van der Waals surface area contributed by atoms with Crippen LogP contribution in [0.1, 0.15) is 47.4 Å². The number of carbonyl (C=O) groups is 1. The molecule has 146 valence electrons. The fraction of sp³-hybridized carbons (Fsp3) is 0.381. The maximum atomic E-state index is 12.7. The van der Waals surface area contributed by atoms with Gasteiger partial charge in [-0.15, -0.1) is 11.3 Å². The molecule has 4 rings (SSSR count). The molecular formula is C21H24N4O2S. The van der Waals surface area contributed by atoms with E-state index in [1.54, 1.807) is 12.4 Å². The lowest BCUT2D eigenvalue weighted by Crippen LogP contribution is -2.19. The van der Waals surface area contributed by atoms with Crippen molar-refractivity contribution in [1.29, 1.82) is 0 Å². The van der Waals surface area contributed by atoms with Gasteiger partial charge in [0.15, 0.2) is 5.13 Å². The summed E-state index contributed by atoms with van der Waals surface area (Å²) >= 11 is 1.47. The third-order valence-corrected chi connectivity index (χ3v) is 5.74. The number of aromatic nitrogens is 3. The van der Waals surface area contributed by atoms with Gasteiger partial charge in [-0.2, -0.15) is 0 Å². The van der Waals surface area contributed by atoms with Crippen LogP contribution >= 0.6 is 11.3 Å². The van der Waals surface area contributed by atoms with Crippen LogP contribution < -0.4 is 5.32 Å². The number of aryl methyl sites for hydroxylation is 1. The molecule has 0 aliphatic carbocycles. The van der Waals surface area contributed by atoms with E-state index in [4.69, 9.17) is 4.74 Å². The molecule has 1 aliphatic rings. The Bertz CT molecular complexity index is 900. The Morgan fingerprint density at radius 2 is 2.18 bits per heavy atom. The van der Waals surface area contributed by atoms with Crippen molar-refractivity contribution in [3.63, 3.8) is 0 Å². The van der Waals surface area contributed by atoms with Crippen LogP contribution in [-0.2, 0) is 17.7 Å². The normalized spacial score (nSPS) is 16.8. The predicted molar refractivity (Wildman–Crippen MR) is 110 cm³/mol. The van der Waals surface area contributed by atoms with Crippen molar-refractivity contribution < 1.29 is 9.53 Å². The summed E-state index contributed by atoms with van der Waals surface area (Å²) in [5, 5.41) is 5.60. The molecule has 1 fully saturated rings. The van der Waals surface area contributed by atoms with Gasteiger partial charge in [0.25, 0.3) is 5.91 Å². The number of anilines is 1. The van der Waals surface area contributed by atoms with Gasteiger partial charge >= 0.3 is 0 Å². The fourth-order valence-electron chi connectivity index (χ4n) is 3.43. The van der Waals surface area contributed by atoms with E-state index in [0.717, 1.165) is 37.1 Å². The minimum Gasteiger partial charge on any atom is -0.378 e. The van der Waals surface area contributed by atoms with Gasteiger partial charge in [0.1, 0.15) is 5.69 Å². The van der Waals surface area contributed by atoms with Crippen molar-refractivity contribution in [3.05, 3.63) is 65.2 Å². The first-order chi connectivity index (χ1) is 13.8. The topological polar surface area (TPSA) is 69.0 Å². The monoisotopic (exact) mass is 396 g/mol. The molecule has 4 heterocycles. The van der Waals surface area contributed by atoms with Gasteiger partial charge in [0, 0.05) is 37.1 Å². The summed E-state index contributed by atoms with van der Waals surface area (Å²) < 4.78 is 7.71. The SMILES string of the molecule is O=C(Nc1nc(CCC2CCCCO2)cs1)c1cccn1Cc1ccncc1. The fourth-order valence-corrected chi connectivity index (χ4v) is 4.17. The molecule has 1 amide bonds. The van der Waals surface area contributed by atoms with Crippen LogP contribution in [0.25, 0.3) is 0 Å². The van der Waals surface area contributed by atoms with E-state index in [0.29, 0.717) is 23.5 Å². The van der Waals surface area contributed by atoms with E-state index in [1.807, 2.05) is 40.4 Å². The van der Waals surface area contributed by atoms with Crippen LogP contribution in [0, 0.1) is 0 Å². The molecule has 0 aromatic carbocycles. The van der Waals surface area contributed by atoms with Gasteiger partial charge in [-0.1, -0.05) is 0 Å². The molecule has 0 spiro atoms. The Kier molecular flexibility index (Phi) is 6.14. The Morgan fingerprint density at radius 3 is 3.00 bits per heavy atom. The van der Waals surface area contributed by atoms with E-state index >= 15 is 0 Å². The van der Waals surface area contributed by atoms with Gasteiger partial charge in [-0.05, 0) is 61.9 Å². The number of hydrogen-bond donors (Lipinski definition) is 1. The van der Waals surface area contributed by atoms with E-state index in [2.05, 4.69) is 15.3 Å². The van der Waals surface area contributed by atoms with Crippen molar-refractivity contribution in [1.82, 2.24) is 14.5 Å². The minimum atomic E-state index is -0.143. The van der Waals surface area contributed by atoms with Crippen molar-refractivity contribution in [2.24, 2.45) is 0 Å². The molecular weight excluding hydrogens is 372 g/mol. The lowest BCUT2D eigenvalue weighted by Gasteiger charge is -2.21. The zero-order valence-electron chi connectivity index (χ0n) is 15.7. The summed E-state index contributed by atoms with van der Waals surface area (Å²) in [5.74, 6) is -0.143. The second-order valence-corrected chi connectivity index (χ2v) is 7.86. The first kappa shape index (κ1) is 18.8. The average molecular weight is 397 g/mol. The summed E-state index contributed by atoms with van der Waals surface area (Å²) in [6.45, 7) is 1.50. The van der Waals surface area contributed by atoms with Gasteiger partial charge in [-0.25, -0.2) is 4.98 Å². The molecule has 0 radical (unpaired) electrons. The number of carbonyl (C=O) groups excluding carboxylic acids is 1. The third kappa shape index (κ3) is 4.85. The lowest BCUT2D eigenvalue weighted by atomic mass is 10.0. The molecule has 1 N–H and O–H groups in total. The Morgan fingerprint density at radius 1 is 1.29 bits per heavy atom. The number of amides is 1. The van der Waals surface area contributed by atoms with Crippen LogP contribution in [0.15, 0.2) is 48.2 Å². The van der Waals surface area contributed by atoms with Crippen molar-refractivity contribution in [3.8, 4) is 0 Å². The maximum Gasteiger partial charge on any atom is 0.274 e. The van der Waals surface area contributed by atoms with Crippen LogP contribution in [-0.4, -0.2) is 33.2 Å². The van der Waals surface area contributed by atoms with Crippen LogP contribution in [0.4, 0.5) is 5.13 Å². The smallest absolute Gasteiger partial charge is 0.274 e. The van der Waals surface area contributed by atoms with E-state index < -0.39 is 0 Å². The summed E-state index contributed by atoms with van der Waals surface area (Å²) in [6, 6.07) is 7.61. The maximum absolute atomic E-state index is 12.7. The highest BCUT2D eigenvalue weighted by atomic mass is 32.1. The van der Waals surface area contributed by atoms with Gasteiger partial charge in [-0.3, -0.25) is 15.1 Å². The Balaban J connectivity index is 1.34. The van der Waals surface area contributed by atoms with Crippen molar-refractivity contribution in [2.75, 3.05) is 11.9 Å². The second-order valence-electron chi connectivity index (χ2n) is 7.00. The number of pyridine rings is 1. The first-order valence-corrected chi connectivity index (χ1v) is 10.6. The van der Waals surface area contributed by atoms with Gasteiger partial charge < -0.3 is 9.30 Å². The molecule has 28 heavy (non-hydrogen) atoms. The van der Waals surface area contributed by atoms with E-state index in [9.17, 15) is 4.79 Å². The molecule has 3 aromatic rings. The molecule has 7 heteroatoms. The zero-order chi connectivity index (χ0) is 19.2. The van der Waals surface area contributed by atoms with Crippen molar-refractivity contribution >= 4 is 22.4 Å². The van der Waals surface area contributed by atoms with Crippen LogP contribution in [0.5, 0.6) is 0 Å². The Labute approximate surface area is 168 Å². The van der Waals surface area contributed by atoms with Crippen LogP contribution in [0.3, 0.4) is 0 Å². The van der Waals surface area contributed by atoms with Gasteiger partial charge in [0.2, 0.25) is 0 Å². The van der Waals surface area contributed by atoms with Crippen molar-refractivity contribution in [2.45, 2.75) is 44.8 Å². The zero-order valence-corrected chi connectivity index (χ0v) is 16.5. The molecule has 1 atom stereocenters. The molecule has 1 unspecified atom stereocenters. The number of thiazole rings is 1. The van der Waals surface area contributed by atoms with E-state index in [-0.39, 0.29) is 5.91 Å². The molecule has 1 aliphatic heterocycles. The highest BCUT2D eigenvalue weighted by Crippen LogP contribution is 2.21.